The fraction of sp³-hybridized carbons (Fsp3) is 0.290. The molecular formula is C31H29N7O2S. The largest absolute Gasteiger partial charge is 0.424 e. The third kappa shape index (κ3) is 5.73. The summed E-state index contributed by atoms with van der Waals surface area (Å²) in [4.78, 5) is 39.1. The number of pyridine rings is 1. The molecule has 0 spiro atoms. The van der Waals surface area contributed by atoms with Gasteiger partial charge in [-0.3, -0.25) is 9.36 Å². The second kappa shape index (κ2) is 11.6. The van der Waals surface area contributed by atoms with E-state index in [1.807, 2.05) is 26.0 Å². The number of nitrogens with zero attached hydrogens (tertiary/aromatic N) is 7. The smallest absolute Gasteiger partial charge is 0.323 e. The average Bonchev–Trinajstić information content (AvgIpc) is 3.62. The number of ether oxygens (including phenoxy) is 1. The highest BCUT2D eigenvalue weighted by Crippen LogP contribution is 2.29. The summed E-state index contributed by atoms with van der Waals surface area (Å²) in [5, 5.41) is 0.673. The molecule has 9 nitrogen and oxygen atoms in total. The Labute approximate surface area is 241 Å². The van der Waals surface area contributed by atoms with Crippen LogP contribution < -0.4 is 10.3 Å². The molecule has 5 aromatic rings. The lowest BCUT2D eigenvalue weighted by Gasteiger charge is -2.14. The molecule has 1 atom stereocenters. The second-order valence-corrected chi connectivity index (χ2v) is 11.2. The topological polar surface area (TPSA) is 98.9 Å². The van der Waals surface area contributed by atoms with Gasteiger partial charge in [0.15, 0.2) is 0 Å². The van der Waals surface area contributed by atoms with Crippen molar-refractivity contribution in [2.24, 2.45) is 0 Å². The molecule has 5 heterocycles. The molecule has 10 heteroatoms. The number of aromatic nitrogens is 6. The molecule has 1 aliphatic rings. The first-order valence-corrected chi connectivity index (χ1v) is 14.4. The third-order valence-electron chi connectivity index (χ3n) is 7.36. The van der Waals surface area contributed by atoms with E-state index in [1.54, 1.807) is 28.5 Å². The van der Waals surface area contributed by atoms with Crippen LogP contribution in [0.1, 0.15) is 52.2 Å². The zero-order valence-electron chi connectivity index (χ0n) is 23.2. The summed E-state index contributed by atoms with van der Waals surface area (Å²) in [5.74, 6) is 7.24. The fourth-order valence-corrected chi connectivity index (χ4v) is 5.64. The van der Waals surface area contributed by atoms with Gasteiger partial charge < -0.3 is 9.64 Å². The highest BCUT2D eigenvalue weighted by Gasteiger charge is 2.21. The minimum atomic E-state index is -0.265. The fourth-order valence-electron chi connectivity index (χ4n) is 5.11. The van der Waals surface area contributed by atoms with E-state index in [-0.39, 0.29) is 18.1 Å². The molecule has 4 aromatic heterocycles. The van der Waals surface area contributed by atoms with Gasteiger partial charge in [0, 0.05) is 40.5 Å². The predicted octanol–water partition coefficient (Wildman–Crippen LogP) is 4.57. The van der Waals surface area contributed by atoms with Crippen molar-refractivity contribution in [2.45, 2.75) is 39.2 Å². The van der Waals surface area contributed by atoms with E-state index in [9.17, 15) is 4.79 Å². The number of hydrogen-bond donors (Lipinski definition) is 0. The standard InChI is InChI=1S/C31H29N7O2S/c1-4-27-25(14-32-18-34-27)17-38-29-24(13-22(30(38)39)7-10-28-20(2)41-19-35-28)15-33-31(36-29)40-26-8-5-21(6-9-26)23-11-12-37(3)16-23/h5-6,8-9,13-15,18-19,23H,4,11-12,16-17H2,1-3H3. The van der Waals surface area contributed by atoms with Gasteiger partial charge in [0.2, 0.25) is 0 Å². The molecule has 0 saturated carbocycles. The summed E-state index contributed by atoms with van der Waals surface area (Å²) < 4.78 is 7.64. The highest BCUT2D eigenvalue weighted by atomic mass is 32.1. The number of benzene rings is 1. The Bertz CT molecular complexity index is 1840. The number of aryl methyl sites for hydroxylation is 2. The molecular weight excluding hydrogens is 534 g/mol. The first-order valence-electron chi connectivity index (χ1n) is 13.5. The zero-order valence-corrected chi connectivity index (χ0v) is 24.0. The summed E-state index contributed by atoms with van der Waals surface area (Å²) in [5.41, 5.74) is 5.94. The van der Waals surface area contributed by atoms with Gasteiger partial charge in [-0.2, -0.15) is 4.98 Å². The van der Waals surface area contributed by atoms with Crippen LogP contribution >= 0.6 is 11.3 Å². The molecule has 1 unspecified atom stereocenters. The predicted molar refractivity (Wildman–Crippen MR) is 159 cm³/mol. The molecule has 1 saturated heterocycles. The monoisotopic (exact) mass is 563 g/mol. The molecule has 0 radical (unpaired) electrons. The molecule has 1 fully saturated rings. The van der Waals surface area contributed by atoms with Gasteiger partial charge >= 0.3 is 6.01 Å². The Balaban J connectivity index is 1.38. The van der Waals surface area contributed by atoms with Crippen molar-refractivity contribution in [3.05, 3.63) is 97.9 Å². The van der Waals surface area contributed by atoms with Crippen LogP contribution in [0, 0.1) is 18.8 Å². The highest BCUT2D eigenvalue weighted by molar-refractivity contribution is 7.09. The number of fused-ring (bicyclic) bond motifs is 1. The molecule has 1 aliphatic heterocycles. The van der Waals surface area contributed by atoms with E-state index < -0.39 is 0 Å². The van der Waals surface area contributed by atoms with Gasteiger partial charge in [0.1, 0.15) is 23.4 Å². The number of likely N-dealkylation sites (N-methyl/N-ethyl adjacent to an activating group) is 1. The van der Waals surface area contributed by atoms with Gasteiger partial charge in [0.05, 0.1) is 17.6 Å². The van der Waals surface area contributed by atoms with Crippen molar-refractivity contribution in [3.8, 4) is 23.6 Å². The van der Waals surface area contributed by atoms with Crippen molar-refractivity contribution < 1.29 is 4.74 Å². The Hall–Kier alpha value is -4.46. The molecule has 0 aliphatic carbocycles. The van der Waals surface area contributed by atoms with Crippen LogP contribution in [0.3, 0.4) is 0 Å². The van der Waals surface area contributed by atoms with Gasteiger partial charge in [-0.25, -0.2) is 19.9 Å². The molecule has 206 valence electrons. The van der Waals surface area contributed by atoms with Gasteiger partial charge in [0.25, 0.3) is 5.56 Å². The molecule has 0 N–H and O–H groups in total. The summed E-state index contributed by atoms with van der Waals surface area (Å²) in [7, 11) is 2.15. The summed E-state index contributed by atoms with van der Waals surface area (Å²) in [6.07, 6.45) is 6.79. The van der Waals surface area contributed by atoms with Crippen LogP contribution in [0.4, 0.5) is 0 Å². The first kappa shape index (κ1) is 26.7. The minimum Gasteiger partial charge on any atom is -0.424 e. The van der Waals surface area contributed by atoms with Gasteiger partial charge in [-0.15, -0.1) is 11.3 Å². The Kier molecular flexibility index (Phi) is 7.55. The van der Waals surface area contributed by atoms with E-state index in [0.717, 1.165) is 35.6 Å². The Morgan fingerprint density at radius 1 is 1.12 bits per heavy atom. The average molecular weight is 564 g/mol. The van der Waals surface area contributed by atoms with Crippen molar-refractivity contribution in [2.75, 3.05) is 20.1 Å². The lowest BCUT2D eigenvalue weighted by Crippen LogP contribution is -2.25. The third-order valence-corrected chi connectivity index (χ3v) is 8.12. The van der Waals surface area contributed by atoms with Crippen molar-refractivity contribution in [1.29, 1.82) is 0 Å². The minimum absolute atomic E-state index is 0.163. The zero-order chi connectivity index (χ0) is 28.3. The molecule has 0 amide bonds. The molecule has 6 rings (SSSR count). The van der Waals surface area contributed by atoms with E-state index in [4.69, 9.17) is 4.74 Å². The normalized spacial score (nSPS) is 15.1. The van der Waals surface area contributed by atoms with Gasteiger partial charge in [-0.05, 0) is 69.0 Å². The summed E-state index contributed by atoms with van der Waals surface area (Å²) in [6, 6.07) is 9.99. The molecule has 1 aromatic carbocycles. The van der Waals surface area contributed by atoms with Crippen LogP contribution in [0.2, 0.25) is 0 Å². The van der Waals surface area contributed by atoms with Crippen LogP contribution in [-0.2, 0) is 13.0 Å². The summed E-state index contributed by atoms with van der Waals surface area (Å²) in [6.45, 7) is 6.40. The molecule has 41 heavy (non-hydrogen) atoms. The van der Waals surface area contributed by atoms with E-state index in [2.05, 4.69) is 60.8 Å². The van der Waals surface area contributed by atoms with Crippen LogP contribution in [0.5, 0.6) is 11.8 Å². The lowest BCUT2D eigenvalue weighted by molar-refractivity contribution is 0.411. The van der Waals surface area contributed by atoms with Crippen LogP contribution in [-0.4, -0.2) is 54.5 Å². The lowest BCUT2D eigenvalue weighted by atomic mass is 9.98. The Morgan fingerprint density at radius 2 is 1.98 bits per heavy atom. The number of thiazole rings is 1. The maximum absolute atomic E-state index is 13.8. The van der Waals surface area contributed by atoms with Crippen molar-refractivity contribution in [3.63, 3.8) is 0 Å². The number of hydrogen-bond acceptors (Lipinski definition) is 9. The van der Waals surface area contributed by atoms with Crippen molar-refractivity contribution in [1.82, 2.24) is 34.4 Å². The SMILES string of the molecule is CCc1ncncc1Cn1c(=O)c(C#Cc2ncsc2C)cc2cnc(Oc3ccc(C4CCN(C)C4)cc3)nc21. The summed E-state index contributed by atoms with van der Waals surface area (Å²) >= 11 is 1.52. The number of rotatable bonds is 6. The van der Waals surface area contributed by atoms with Crippen molar-refractivity contribution >= 4 is 22.4 Å². The van der Waals surface area contributed by atoms with E-state index in [1.165, 1.54) is 23.2 Å². The van der Waals surface area contributed by atoms with Crippen LogP contribution in [0.15, 0.2) is 59.4 Å². The Morgan fingerprint density at radius 3 is 2.71 bits per heavy atom. The number of likely N-dealkylation sites (tertiary alicyclic amines) is 1. The second-order valence-electron chi connectivity index (χ2n) is 10.2. The maximum Gasteiger partial charge on any atom is 0.323 e. The molecule has 0 bridgehead atoms. The van der Waals surface area contributed by atoms with Crippen LogP contribution in [0.25, 0.3) is 11.0 Å². The quantitative estimate of drug-likeness (QED) is 0.277. The van der Waals surface area contributed by atoms with E-state index in [0.29, 0.717) is 40.4 Å². The first-order chi connectivity index (χ1) is 20.0. The van der Waals surface area contributed by atoms with E-state index >= 15 is 0 Å². The van der Waals surface area contributed by atoms with Gasteiger partial charge in [-0.1, -0.05) is 25.0 Å². The maximum atomic E-state index is 13.8.